The molecule has 1 radical (unpaired) electrons. The molecular weight excluding hydrogens is 298 g/mol. The van der Waals surface area contributed by atoms with Gasteiger partial charge in [0, 0.05) is 21.8 Å². The molecule has 1 amide bonds. The Morgan fingerprint density at radius 1 is 1.60 bits per heavy atom. The van der Waals surface area contributed by atoms with E-state index < -0.39 is 12.1 Å². The van der Waals surface area contributed by atoms with Crippen molar-refractivity contribution in [3.05, 3.63) is 46.8 Å². The monoisotopic (exact) mass is 308 g/mol. The van der Waals surface area contributed by atoms with Gasteiger partial charge >= 0.3 is 6.09 Å². The van der Waals surface area contributed by atoms with Crippen LogP contribution >= 0.6 is 22.9 Å². The number of halogens is 1. The van der Waals surface area contributed by atoms with Gasteiger partial charge in [-0.25, -0.2) is 4.79 Å². The lowest BCUT2D eigenvalue weighted by Crippen LogP contribution is -2.34. The molecule has 2 aromatic rings. The zero-order valence-corrected chi connectivity index (χ0v) is 11.9. The fourth-order valence-corrected chi connectivity index (χ4v) is 3.22. The number of carboxylic acid groups (broad SMARTS) is 1. The number of thiophene rings is 1. The number of benzene rings is 1. The van der Waals surface area contributed by atoms with E-state index in [9.17, 15) is 14.7 Å². The van der Waals surface area contributed by atoms with E-state index in [2.05, 4.69) is 6.58 Å². The molecule has 1 heterocycles. The second kappa shape index (κ2) is 6.07. The summed E-state index contributed by atoms with van der Waals surface area (Å²) in [6, 6.07) is 4.30. The van der Waals surface area contributed by atoms with Crippen molar-refractivity contribution >= 4 is 45.4 Å². The Labute approximate surface area is 124 Å². The van der Waals surface area contributed by atoms with E-state index in [1.807, 2.05) is 0 Å². The third kappa shape index (κ3) is 2.69. The molecule has 0 spiro atoms. The van der Waals surface area contributed by atoms with Crippen molar-refractivity contribution in [1.29, 1.82) is 0 Å². The molecule has 2 rings (SSSR count). The summed E-state index contributed by atoms with van der Waals surface area (Å²) in [4.78, 5) is 23.5. The third-order valence-corrected chi connectivity index (χ3v) is 4.06. The van der Waals surface area contributed by atoms with Crippen LogP contribution in [0.2, 0.25) is 5.02 Å². The van der Waals surface area contributed by atoms with E-state index in [1.165, 1.54) is 17.4 Å². The summed E-state index contributed by atoms with van der Waals surface area (Å²) < 4.78 is 0.900. The highest BCUT2D eigenvalue weighted by Crippen LogP contribution is 2.34. The van der Waals surface area contributed by atoms with Crippen molar-refractivity contribution in [2.45, 2.75) is 6.04 Å². The van der Waals surface area contributed by atoms with Gasteiger partial charge in [-0.1, -0.05) is 23.7 Å². The summed E-state index contributed by atoms with van der Waals surface area (Å²) >= 11 is 7.33. The maximum Gasteiger partial charge on any atom is 0.408 e. The number of hydrogen-bond donors (Lipinski definition) is 1. The molecule has 0 aliphatic heterocycles. The van der Waals surface area contributed by atoms with Crippen LogP contribution in [0.1, 0.15) is 11.6 Å². The number of hydrogen-bond acceptors (Lipinski definition) is 3. The summed E-state index contributed by atoms with van der Waals surface area (Å²) in [5.41, 5.74) is 0.612. The lowest BCUT2D eigenvalue weighted by molar-refractivity contribution is 0.142. The molecule has 20 heavy (non-hydrogen) atoms. The molecule has 0 aliphatic carbocycles. The summed E-state index contributed by atoms with van der Waals surface area (Å²) in [6.07, 6.45) is 2.04. The normalized spacial score (nSPS) is 12.1. The lowest BCUT2D eigenvalue weighted by Gasteiger charge is -2.23. The van der Waals surface area contributed by atoms with Crippen LogP contribution < -0.4 is 0 Å². The van der Waals surface area contributed by atoms with Crippen LogP contribution in [0.5, 0.6) is 0 Å². The Kier molecular flexibility index (Phi) is 4.42. The van der Waals surface area contributed by atoms with Crippen LogP contribution in [0.25, 0.3) is 10.1 Å². The zero-order valence-electron chi connectivity index (χ0n) is 10.4. The second-order valence-electron chi connectivity index (χ2n) is 4.08. The Morgan fingerprint density at radius 2 is 2.35 bits per heavy atom. The minimum absolute atomic E-state index is 0.0557. The Hall–Kier alpha value is -1.85. The quantitative estimate of drug-likeness (QED) is 0.853. The van der Waals surface area contributed by atoms with Gasteiger partial charge in [0.15, 0.2) is 0 Å². The molecule has 0 saturated carbocycles. The molecule has 1 aromatic carbocycles. The summed E-state index contributed by atoms with van der Waals surface area (Å²) in [5.74, 6) is 0. The highest BCUT2D eigenvalue weighted by Gasteiger charge is 2.26. The predicted molar refractivity (Wildman–Crippen MR) is 80.2 cm³/mol. The van der Waals surface area contributed by atoms with Gasteiger partial charge in [-0.05, 0) is 22.9 Å². The Bertz CT molecular complexity index is 667. The second-order valence-corrected chi connectivity index (χ2v) is 5.42. The molecule has 0 saturated heterocycles. The van der Waals surface area contributed by atoms with Crippen molar-refractivity contribution in [1.82, 2.24) is 4.90 Å². The topological polar surface area (TPSA) is 57.6 Å². The van der Waals surface area contributed by atoms with Crippen LogP contribution in [0, 0.1) is 0 Å². The van der Waals surface area contributed by atoms with Crippen molar-refractivity contribution < 1.29 is 14.7 Å². The molecule has 0 fully saturated rings. The number of nitrogens with zero attached hydrogens (tertiary/aromatic N) is 1. The van der Waals surface area contributed by atoms with Gasteiger partial charge in [0.1, 0.15) is 6.04 Å². The first-order valence-electron chi connectivity index (χ1n) is 5.73. The highest BCUT2D eigenvalue weighted by atomic mass is 35.5. The minimum atomic E-state index is -1.19. The average Bonchev–Trinajstić information content (AvgIpc) is 2.81. The largest absolute Gasteiger partial charge is 0.465 e. The van der Waals surface area contributed by atoms with Crippen LogP contribution in [-0.2, 0) is 4.79 Å². The smallest absolute Gasteiger partial charge is 0.408 e. The number of rotatable bonds is 5. The number of carbonyl (C=O) groups is 1. The Balaban J connectivity index is 2.50. The molecule has 0 aliphatic rings. The predicted octanol–water partition coefficient (Wildman–Crippen LogP) is 3.87. The molecule has 6 heteroatoms. The van der Waals surface area contributed by atoms with Crippen LogP contribution in [0.3, 0.4) is 0 Å². The van der Waals surface area contributed by atoms with Gasteiger partial charge in [0.05, 0.1) is 0 Å². The number of fused-ring (bicyclic) bond motifs is 1. The molecule has 1 aromatic heterocycles. The van der Waals surface area contributed by atoms with Crippen LogP contribution in [0.4, 0.5) is 4.79 Å². The van der Waals surface area contributed by atoms with E-state index in [0.717, 1.165) is 15.0 Å². The maximum absolute atomic E-state index is 11.3. The molecule has 0 bridgehead atoms. The summed E-state index contributed by atoms with van der Waals surface area (Å²) in [5, 5.41) is 12.4. The first-order chi connectivity index (χ1) is 9.58. The fourth-order valence-electron chi connectivity index (χ4n) is 1.96. The van der Waals surface area contributed by atoms with E-state index in [0.29, 0.717) is 10.6 Å². The van der Waals surface area contributed by atoms with Gasteiger partial charge in [0.25, 0.3) is 0 Å². The zero-order chi connectivity index (χ0) is 14.7. The van der Waals surface area contributed by atoms with Gasteiger partial charge in [-0.3, -0.25) is 9.69 Å². The third-order valence-electron chi connectivity index (χ3n) is 2.86. The van der Waals surface area contributed by atoms with Gasteiger partial charge in [0.2, 0.25) is 6.29 Å². The van der Waals surface area contributed by atoms with E-state index >= 15 is 0 Å². The first kappa shape index (κ1) is 14.6. The molecule has 103 valence electrons. The van der Waals surface area contributed by atoms with Crippen molar-refractivity contribution in [3.63, 3.8) is 0 Å². The van der Waals surface area contributed by atoms with Crippen molar-refractivity contribution in [2.75, 3.05) is 6.54 Å². The number of carbonyl (C=O) groups excluding carboxylic acids is 1. The first-order valence-corrected chi connectivity index (χ1v) is 6.99. The van der Waals surface area contributed by atoms with Crippen molar-refractivity contribution in [3.8, 4) is 0 Å². The highest BCUT2D eigenvalue weighted by molar-refractivity contribution is 7.17. The summed E-state index contributed by atoms with van der Waals surface area (Å²) in [6.45, 7) is 3.56. The van der Waals surface area contributed by atoms with E-state index in [1.54, 1.807) is 29.9 Å². The van der Waals surface area contributed by atoms with Gasteiger partial charge in [-0.2, -0.15) is 0 Å². The summed E-state index contributed by atoms with van der Waals surface area (Å²) in [7, 11) is 0. The molecule has 4 nitrogen and oxygen atoms in total. The SMILES string of the molecule is C=CCN(C(=O)O)C([C]=O)c1csc2cc(Cl)ccc12. The standard InChI is InChI=1S/C14H11ClNO3S/c1-2-5-16(14(18)19)12(7-17)11-8-20-13-6-9(15)3-4-10(11)13/h2-4,6,8,12H,1,5H2,(H,18,19). The van der Waals surface area contributed by atoms with Gasteiger partial charge in [-0.15, -0.1) is 17.9 Å². The van der Waals surface area contributed by atoms with E-state index in [-0.39, 0.29) is 6.54 Å². The van der Waals surface area contributed by atoms with E-state index in [4.69, 9.17) is 11.6 Å². The van der Waals surface area contributed by atoms with Crippen LogP contribution in [0.15, 0.2) is 36.2 Å². The molecule has 1 atom stereocenters. The lowest BCUT2D eigenvalue weighted by atomic mass is 10.1. The Morgan fingerprint density at radius 3 is 2.95 bits per heavy atom. The minimum Gasteiger partial charge on any atom is -0.465 e. The molecule has 1 unspecified atom stereocenters. The van der Waals surface area contributed by atoms with Crippen molar-refractivity contribution in [2.24, 2.45) is 0 Å². The van der Waals surface area contributed by atoms with Crippen LogP contribution in [-0.4, -0.2) is 28.9 Å². The fraction of sp³-hybridized carbons (Fsp3) is 0.143. The van der Waals surface area contributed by atoms with Gasteiger partial charge < -0.3 is 5.11 Å². The average molecular weight is 309 g/mol. The number of amides is 1. The maximum atomic E-state index is 11.3. The molecule has 1 N–H and O–H groups in total. The molecular formula is C14H11ClNO3S.